The molecule has 0 spiro atoms. The topological polar surface area (TPSA) is 146 Å². The molecule has 0 unspecified atom stereocenters. The molecule has 0 saturated carbocycles. The quantitative estimate of drug-likeness (QED) is 0.312. The van der Waals surface area contributed by atoms with Crippen LogP contribution in [0.1, 0.15) is 108 Å². The Morgan fingerprint density at radius 3 is 2.18 bits per heavy atom. The Balaban J connectivity index is 1.83. The highest BCUT2D eigenvalue weighted by Crippen LogP contribution is 2.48. The number of nitrogens with zero attached hydrogens (tertiary/aromatic N) is 1. The molecule has 0 aliphatic carbocycles. The standard InChI is InChI=1S/C38H69NO11/c1-14-27-38(11,43)32(41)23(6)30-20(3)17-37(10,50-30)33(49-35-29(40)26(39(12)15-2)16-21(4)46-35)24(7)31(25(8)34(42)47-27)48-28-19-36(9,44-13)18-22(5)45-28/h20-33,35,40-41,43H,14-19H2,1-13H3/t20-,21+,22-,23-,24-,25+,26-,27+,28-,29+,30+,31-,32+,33+,35-,36-,37+,38+/m0/s1. The molecule has 4 heterocycles. The number of cyclic esters (lactones) is 1. The van der Waals surface area contributed by atoms with E-state index in [0.29, 0.717) is 32.1 Å². The van der Waals surface area contributed by atoms with Gasteiger partial charge in [0.15, 0.2) is 12.6 Å². The Hall–Kier alpha value is -0.930. The second kappa shape index (κ2) is 16.2. The van der Waals surface area contributed by atoms with E-state index >= 15 is 0 Å². The van der Waals surface area contributed by atoms with Crippen molar-refractivity contribution in [3.63, 3.8) is 0 Å². The van der Waals surface area contributed by atoms with Crippen molar-refractivity contribution in [2.75, 3.05) is 20.7 Å². The minimum Gasteiger partial charge on any atom is -0.459 e. The number of aliphatic hydroxyl groups excluding tert-OH is 2. The molecule has 4 rings (SSSR count). The number of fused-ring (bicyclic) bond motifs is 2. The van der Waals surface area contributed by atoms with Crippen LogP contribution in [-0.2, 0) is 38.0 Å². The van der Waals surface area contributed by atoms with Crippen LogP contribution in [-0.4, -0.2) is 131 Å². The predicted octanol–water partition coefficient (Wildman–Crippen LogP) is 4.04. The summed E-state index contributed by atoms with van der Waals surface area (Å²) < 4.78 is 45.4. The van der Waals surface area contributed by atoms with E-state index in [0.717, 1.165) is 6.54 Å². The van der Waals surface area contributed by atoms with Gasteiger partial charge in [-0.3, -0.25) is 4.79 Å². The largest absolute Gasteiger partial charge is 0.459 e. The molecule has 4 saturated heterocycles. The van der Waals surface area contributed by atoms with E-state index < -0.39 is 89.7 Å². The summed E-state index contributed by atoms with van der Waals surface area (Å²) in [4.78, 5) is 16.2. The molecule has 0 amide bonds. The summed E-state index contributed by atoms with van der Waals surface area (Å²) in [6.07, 6.45) is -4.56. The lowest BCUT2D eigenvalue weighted by atomic mass is 9.76. The van der Waals surface area contributed by atoms with Crippen molar-refractivity contribution in [2.24, 2.45) is 23.7 Å². The molecule has 4 aliphatic heterocycles. The highest BCUT2D eigenvalue weighted by molar-refractivity contribution is 5.73. The normalized spacial score (nSPS) is 51.1. The molecule has 0 aromatic rings. The number of methoxy groups -OCH3 is 1. The van der Waals surface area contributed by atoms with Gasteiger partial charge in [-0.2, -0.15) is 0 Å². The summed E-state index contributed by atoms with van der Waals surface area (Å²) >= 11 is 0. The first kappa shape index (κ1) is 41.8. The Morgan fingerprint density at radius 2 is 1.58 bits per heavy atom. The summed E-state index contributed by atoms with van der Waals surface area (Å²) in [5.41, 5.74) is -3.20. The highest BCUT2D eigenvalue weighted by Gasteiger charge is 2.57. The van der Waals surface area contributed by atoms with Crippen molar-refractivity contribution in [1.82, 2.24) is 4.90 Å². The SMILES string of the molecule is CC[C@H]1OC(=O)[C@H](C)[C@@H](O[C@H]2C[C@@](C)(OC)C[C@H](C)O2)[C@H](C)[C@@H](O[C@@H]2O[C@H](C)C[C@H](N(C)CC)[C@H]2O)[C@@]2(C)C[C@H](C)[C@@H](O2)[C@H](C)[C@@H](O)[C@]1(C)O. The van der Waals surface area contributed by atoms with Crippen LogP contribution in [0.25, 0.3) is 0 Å². The molecular weight excluding hydrogens is 646 g/mol. The summed E-state index contributed by atoms with van der Waals surface area (Å²) in [5.74, 6) is -2.47. The lowest BCUT2D eigenvalue weighted by Gasteiger charge is -2.48. The number of likely N-dealkylation sites (N-methyl/N-ethyl adjacent to an activating group) is 1. The van der Waals surface area contributed by atoms with Gasteiger partial charge in [-0.15, -0.1) is 0 Å². The number of hydrogen-bond acceptors (Lipinski definition) is 12. The average molecular weight is 716 g/mol. The van der Waals surface area contributed by atoms with Crippen molar-refractivity contribution < 1.29 is 53.3 Å². The van der Waals surface area contributed by atoms with E-state index in [9.17, 15) is 20.1 Å². The fourth-order valence-electron chi connectivity index (χ4n) is 9.41. The minimum atomic E-state index is -1.75. The van der Waals surface area contributed by atoms with Gasteiger partial charge >= 0.3 is 5.97 Å². The molecule has 0 aromatic heterocycles. The van der Waals surface area contributed by atoms with Crippen LogP contribution in [0, 0.1) is 23.7 Å². The maximum absolute atomic E-state index is 14.1. The maximum atomic E-state index is 14.1. The van der Waals surface area contributed by atoms with Crippen molar-refractivity contribution in [3.05, 3.63) is 0 Å². The second-order valence-electron chi connectivity index (χ2n) is 16.9. The van der Waals surface area contributed by atoms with Crippen LogP contribution in [0.4, 0.5) is 0 Å². The zero-order valence-electron chi connectivity index (χ0n) is 33.0. The van der Waals surface area contributed by atoms with Gasteiger partial charge in [-0.05, 0) is 80.3 Å². The molecular formula is C38H69NO11. The third-order valence-corrected chi connectivity index (χ3v) is 12.5. The van der Waals surface area contributed by atoms with Gasteiger partial charge < -0.3 is 53.4 Å². The van der Waals surface area contributed by atoms with Crippen LogP contribution >= 0.6 is 0 Å². The Kier molecular flexibility index (Phi) is 13.6. The third kappa shape index (κ3) is 8.55. The molecule has 0 radical (unpaired) electrons. The molecule has 12 nitrogen and oxygen atoms in total. The zero-order valence-corrected chi connectivity index (χ0v) is 33.0. The van der Waals surface area contributed by atoms with Crippen molar-refractivity contribution in [1.29, 1.82) is 0 Å². The van der Waals surface area contributed by atoms with Crippen LogP contribution in [0.15, 0.2) is 0 Å². The Labute approximate surface area is 300 Å². The number of esters is 1. The molecule has 12 heteroatoms. The number of ether oxygens (including phenoxy) is 7. The fraction of sp³-hybridized carbons (Fsp3) is 0.974. The van der Waals surface area contributed by atoms with Crippen LogP contribution in [0.2, 0.25) is 0 Å². The van der Waals surface area contributed by atoms with Crippen molar-refractivity contribution in [2.45, 2.75) is 193 Å². The average Bonchev–Trinajstić information content (AvgIpc) is 3.37. The molecule has 0 aromatic carbocycles. The predicted molar refractivity (Wildman–Crippen MR) is 187 cm³/mol. The van der Waals surface area contributed by atoms with Gasteiger partial charge in [0, 0.05) is 37.8 Å². The number of carbonyl (C=O) groups is 1. The lowest BCUT2D eigenvalue weighted by molar-refractivity contribution is -0.312. The lowest BCUT2D eigenvalue weighted by Crippen LogP contribution is -2.59. The highest BCUT2D eigenvalue weighted by atomic mass is 16.7. The molecule has 3 N–H and O–H groups in total. The van der Waals surface area contributed by atoms with E-state index in [2.05, 4.69) is 18.7 Å². The fourth-order valence-corrected chi connectivity index (χ4v) is 9.41. The van der Waals surface area contributed by atoms with Gasteiger partial charge in [0.05, 0.1) is 53.7 Å². The number of aliphatic hydroxyl groups is 3. The van der Waals surface area contributed by atoms with Gasteiger partial charge in [-0.25, -0.2) is 0 Å². The Morgan fingerprint density at radius 1 is 0.920 bits per heavy atom. The maximum Gasteiger partial charge on any atom is 0.311 e. The van der Waals surface area contributed by atoms with Crippen molar-refractivity contribution in [3.8, 4) is 0 Å². The van der Waals surface area contributed by atoms with Gasteiger partial charge in [0.1, 0.15) is 17.8 Å². The monoisotopic (exact) mass is 715 g/mol. The first-order chi connectivity index (χ1) is 23.2. The number of hydrogen-bond donors (Lipinski definition) is 3. The van der Waals surface area contributed by atoms with Crippen LogP contribution in [0.5, 0.6) is 0 Å². The van der Waals surface area contributed by atoms with E-state index in [1.807, 2.05) is 55.5 Å². The number of carbonyl (C=O) groups excluding carboxylic acids is 1. The summed E-state index contributed by atoms with van der Waals surface area (Å²) in [5, 5.41) is 35.2. The van der Waals surface area contributed by atoms with Crippen LogP contribution in [0.3, 0.4) is 0 Å². The first-order valence-electron chi connectivity index (χ1n) is 19.1. The smallest absolute Gasteiger partial charge is 0.311 e. The second-order valence-corrected chi connectivity index (χ2v) is 16.9. The molecule has 292 valence electrons. The van der Waals surface area contributed by atoms with E-state index in [-0.39, 0.29) is 24.2 Å². The first-order valence-corrected chi connectivity index (χ1v) is 19.1. The molecule has 18 atom stereocenters. The molecule has 4 fully saturated rings. The van der Waals surface area contributed by atoms with Gasteiger partial charge in [0.25, 0.3) is 0 Å². The number of rotatable bonds is 8. The van der Waals surface area contributed by atoms with Crippen LogP contribution < -0.4 is 0 Å². The molecule has 50 heavy (non-hydrogen) atoms. The van der Waals surface area contributed by atoms with E-state index in [4.69, 9.17) is 33.2 Å². The van der Waals surface area contributed by atoms with Gasteiger partial charge in [0.2, 0.25) is 0 Å². The summed E-state index contributed by atoms with van der Waals surface area (Å²) in [7, 11) is 3.67. The molecule has 4 aliphatic rings. The van der Waals surface area contributed by atoms with E-state index in [1.165, 1.54) is 6.92 Å². The molecule has 2 bridgehead atoms. The zero-order chi connectivity index (χ0) is 37.5. The Bertz CT molecular complexity index is 1130. The minimum absolute atomic E-state index is 0.0267. The summed E-state index contributed by atoms with van der Waals surface area (Å²) in [6.45, 7) is 21.8. The van der Waals surface area contributed by atoms with Crippen molar-refractivity contribution >= 4 is 5.97 Å². The van der Waals surface area contributed by atoms with Gasteiger partial charge in [-0.1, -0.05) is 34.6 Å². The summed E-state index contributed by atoms with van der Waals surface area (Å²) in [6, 6.07) is -0.184. The third-order valence-electron chi connectivity index (χ3n) is 12.5. The van der Waals surface area contributed by atoms with E-state index in [1.54, 1.807) is 14.0 Å².